The zero-order chi connectivity index (χ0) is 27.7. The number of nitrogens with two attached hydrogens (primary N) is 1. The highest BCUT2D eigenvalue weighted by atomic mass is 16.5. The standard InChI is InChI=1S/C29H41N5O4/c1-19(28(37)34-38)17-29(2,3)18-27(36)32-22-11-7-20(8-12-22)5-4-6-26(35)31-23-13-9-21(10-14-23)24-15-16-25(24)33-30/h7-14,19,24-25,33,38H,4-6,15-18,30H2,1-3H3,(H,31,35)(H,32,36)(H,34,37). The molecule has 1 aliphatic rings. The van der Waals surface area contributed by atoms with E-state index in [1.807, 2.05) is 50.2 Å². The third-order valence-corrected chi connectivity index (χ3v) is 7.27. The van der Waals surface area contributed by atoms with Crippen molar-refractivity contribution in [3.05, 3.63) is 59.7 Å². The molecule has 0 aromatic heterocycles. The summed E-state index contributed by atoms with van der Waals surface area (Å²) in [6.45, 7) is 5.56. The fourth-order valence-electron chi connectivity index (χ4n) is 5.09. The first-order valence-corrected chi connectivity index (χ1v) is 13.3. The number of aryl methyl sites for hydroxylation is 1. The molecule has 0 saturated heterocycles. The summed E-state index contributed by atoms with van der Waals surface area (Å²) in [5.74, 6) is 5.01. The van der Waals surface area contributed by atoms with E-state index in [0.717, 1.165) is 36.9 Å². The number of rotatable bonds is 13. The number of amides is 3. The number of benzene rings is 2. The maximum Gasteiger partial charge on any atom is 0.246 e. The molecule has 1 fully saturated rings. The number of anilines is 2. The number of hydroxylamine groups is 1. The van der Waals surface area contributed by atoms with Crippen LogP contribution >= 0.6 is 0 Å². The van der Waals surface area contributed by atoms with Crippen LogP contribution in [0, 0.1) is 11.3 Å². The normalized spacial score (nSPS) is 17.7. The van der Waals surface area contributed by atoms with Crippen LogP contribution in [0.3, 0.4) is 0 Å². The topological polar surface area (TPSA) is 146 Å². The van der Waals surface area contributed by atoms with Crippen LogP contribution in [0.5, 0.6) is 0 Å². The van der Waals surface area contributed by atoms with Gasteiger partial charge in [-0.3, -0.25) is 30.9 Å². The van der Waals surface area contributed by atoms with Gasteiger partial charge in [-0.05, 0) is 72.9 Å². The van der Waals surface area contributed by atoms with Crippen molar-refractivity contribution in [2.75, 3.05) is 10.6 Å². The van der Waals surface area contributed by atoms with Crippen molar-refractivity contribution in [2.24, 2.45) is 17.2 Å². The molecule has 3 unspecified atom stereocenters. The Morgan fingerprint density at radius 3 is 2.13 bits per heavy atom. The number of hydrogen-bond donors (Lipinski definition) is 6. The zero-order valence-electron chi connectivity index (χ0n) is 22.5. The predicted molar refractivity (Wildman–Crippen MR) is 148 cm³/mol. The van der Waals surface area contributed by atoms with E-state index in [-0.39, 0.29) is 18.2 Å². The monoisotopic (exact) mass is 523 g/mol. The summed E-state index contributed by atoms with van der Waals surface area (Å²) in [6.07, 6.45) is 4.83. The lowest BCUT2D eigenvalue weighted by molar-refractivity contribution is -0.134. The van der Waals surface area contributed by atoms with Crippen LogP contribution in [0.2, 0.25) is 0 Å². The highest BCUT2D eigenvalue weighted by Gasteiger charge is 2.31. The van der Waals surface area contributed by atoms with E-state index in [4.69, 9.17) is 11.0 Å². The van der Waals surface area contributed by atoms with Gasteiger partial charge in [0.25, 0.3) is 0 Å². The average Bonchev–Trinajstić information content (AvgIpc) is 2.84. The van der Waals surface area contributed by atoms with Gasteiger partial charge in [-0.2, -0.15) is 0 Å². The predicted octanol–water partition coefficient (Wildman–Crippen LogP) is 4.24. The van der Waals surface area contributed by atoms with Gasteiger partial charge in [-0.15, -0.1) is 0 Å². The van der Waals surface area contributed by atoms with Gasteiger partial charge in [0, 0.05) is 42.1 Å². The van der Waals surface area contributed by atoms with Crippen LogP contribution in [0.4, 0.5) is 11.4 Å². The summed E-state index contributed by atoms with van der Waals surface area (Å²) in [5, 5.41) is 14.7. The molecule has 3 amide bonds. The van der Waals surface area contributed by atoms with Crippen molar-refractivity contribution in [1.82, 2.24) is 10.9 Å². The van der Waals surface area contributed by atoms with Gasteiger partial charge >= 0.3 is 0 Å². The van der Waals surface area contributed by atoms with Gasteiger partial charge in [0.05, 0.1) is 0 Å². The Hall–Kier alpha value is -3.27. The second kappa shape index (κ2) is 13.5. The molecule has 9 heteroatoms. The van der Waals surface area contributed by atoms with Crippen LogP contribution < -0.4 is 27.4 Å². The van der Waals surface area contributed by atoms with Crippen LogP contribution in [-0.2, 0) is 20.8 Å². The van der Waals surface area contributed by atoms with Crippen molar-refractivity contribution in [1.29, 1.82) is 0 Å². The molecule has 9 nitrogen and oxygen atoms in total. The first-order chi connectivity index (χ1) is 18.1. The lowest BCUT2D eigenvalue weighted by atomic mass is 9.75. The van der Waals surface area contributed by atoms with Crippen molar-refractivity contribution in [2.45, 2.75) is 77.7 Å². The molecule has 0 radical (unpaired) electrons. The highest BCUT2D eigenvalue weighted by Crippen LogP contribution is 2.36. The third kappa shape index (κ3) is 8.65. The summed E-state index contributed by atoms with van der Waals surface area (Å²) in [5.41, 5.74) is 7.94. The average molecular weight is 524 g/mol. The lowest BCUT2D eigenvalue weighted by Crippen LogP contribution is -2.45. The number of nitrogens with one attached hydrogen (secondary N) is 4. The number of carbonyl (C=O) groups excluding carboxylic acids is 3. The Morgan fingerprint density at radius 2 is 1.58 bits per heavy atom. The summed E-state index contributed by atoms with van der Waals surface area (Å²) >= 11 is 0. The molecule has 7 N–H and O–H groups in total. The van der Waals surface area contributed by atoms with Crippen molar-refractivity contribution in [3.8, 4) is 0 Å². The molecule has 3 atom stereocenters. The molecule has 206 valence electrons. The highest BCUT2D eigenvalue weighted by molar-refractivity contribution is 5.91. The van der Waals surface area contributed by atoms with Crippen LogP contribution in [-0.4, -0.2) is 29.0 Å². The summed E-state index contributed by atoms with van der Waals surface area (Å²) in [7, 11) is 0. The molecule has 3 rings (SSSR count). The molecular weight excluding hydrogens is 482 g/mol. The SMILES string of the molecule is CC(CC(C)(C)CC(=O)Nc1ccc(CCCC(=O)Nc2ccc(C3CCC3NN)cc2)cc1)C(=O)NO. The third-order valence-electron chi connectivity index (χ3n) is 7.27. The Morgan fingerprint density at radius 1 is 0.974 bits per heavy atom. The first-order valence-electron chi connectivity index (χ1n) is 13.3. The fraction of sp³-hybridized carbons (Fsp3) is 0.483. The van der Waals surface area contributed by atoms with Gasteiger partial charge in [0.2, 0.25) is 17.7 Å². The molecule has 0 heterocycles. The molecule has 2 aromatic carbocycles. The summed E-state index contributed by atoms with van der Waals surface area (Å²) < 4.78 is 0. The fourth-order valence-corrected chi connectivity index (χ4v) is 5.09. The van der Waals surface area contributed by atoms with E-state index in [1.54, 1.807) is 12.4 Å². The number of hydrogen-bond acceptors (Lipinski definition) is 6. The van der Waals surface area contributed by atoms with Crippen molar-refractivity contribution in [3.63, 3.8) is 0 Å². The minimum atomic E-state index is -0.455. The Labute approximate surface area is 224 Å². The van der Waals surface area contributed by atoms with E-state index >= 15 is 0 Å². The molecule has 1 saturated carbocycles. The van der Waals surface area contributed by atoms with Gasteiger partial charge in [0.1, 0.15) is 0 Å². The van der Waals surface area contributed by atoms with Crippen LogP contribution in [0.1, 0.15) is 76.3 Å². The lowest BCUT2D eigenvalue weighted by Gasteiger charge is -2.36. The molecule has 0 spiro atoms. The van der Waals surface area contributed by atoms with E-state index in [0.29, 0.717) is 30.5 Å². The smallest absolute Gasteiger partial charge is 0.246 e. The summed E-state index contributed by atoms with van der Waals surface area (Å²) in [6, 6.07) is 16.0. The van der Waals surface area contributed by atoms with E-state index in [1.165, 1.54) is 5.56 Å². The molecule has 38 heavy (non-hydrogen) atoms. The quantitative estimate of drug-likeness (QED) is 0.132. The largest absolute Gasteiger partial charge is 0.326 e. The molecule has 0 bridgehead atoms. The Bertz CT molecular complexity index is 1080. The second-order valence-corrected chi connectivity index (χ2v) is 11.1. The Kier molecular flexibility index (Phi) is 10.4. The van der Waals surface area contributed by atoms with Crippen molar-refractivity contribution < 1.29 is 19.6 Å². The van der Waals surface area contributed by atoms with Gasteiger partial charge < -0.3 is 10.6 Å². The van der Waals surface area contributed by atoms with Gasteiger partial charge in [-0.1, -0.05) is 45.0 Å². The second-order valence-electron chi connectivity index (χ2n) is 11.1. The maximum atomic E-state index is 12.5. The van der Waals surface area contributed by atoms with Crippen LogP contribution in [0.15, 0.2) is 48.5 Å². The van der Waals surface area contributed by atoms with E-state index in [2.05, 4.69) is 28.2 Å². The van der Waals surface area contributed by atoms with E-state index < -0.39 is 17.2 Å². The Balaban J connectivity index is 1.38. The van der Waals surface area contributed by atoms with Crippen LogP contribution in [0.25, 0.3) is 0 Å². The summed E-state index contributed by atoms with van der Waals surface area (Å²) in [4.78, 5) is 36.5. The van der Waals surface area contributed by atoms with Crippen molar-refractivity contribution >= 4 is 29.1 Å². The number of carbonyl (C=O) groups is 3. The molecule has 0 aliphatic heterocycles. The van der Waals surface area contributed by atoms with Gasteiger partial charge in [-0.25, -0.2) is 5.48 Å². The molecule has 1 aliphatic carbocycles. The maximum absolute atomic E-state index is 12.5. The minimum absolute atomic E-state index is 0.0137. The number of hydrazine groups is 1. The molecule has 2 aromatic rings. The zero-order valence-corrected chi connectivity index (χ0v) is 22.5. The first kappa shape index (κ1) is 29.3. The van der Waals surface area contributed by atoms with Gasteiger partial charge in [0.15, 0.2) is 0 Å². The van der Waals surface area contributed by atoms with E-state index in [9.17, 15) is 14.4 Å². The minimum Gasteiger partial charge on any atom is -0.326 e. The molecular formula is C29H41N5O4.